The Morgan fingerprint density at radius 2 is 2.30 bits per heavy atom. The van der Waals surface area contributed by atoms with Gasteiger partial charge in [-0.1, -0.05) is 24.2 Å². The molecule has 3 rings (SSSR count). The van der Waals surface area contributed by atoms with E-state index in [1.54, 1.807) is 7.11 Å². The molecule has 0 amide bonds. The molecule has 0 radical (unpaired) electrons. The summed E-state index contributed by atoms with van der Waals surface area (Å²) < 4.78 is 10.6. The van der Waals surface area contributed by atoms with Crippen molar-refractivity contribution in [3.05, 3.63) is 41.5 Å². The van der Waals surface area contributed by atoms with Crippen LogP contribution in [0.2, 0.25) is 0 Å². The van der Waals surface area contributed by atoms with Crippen LogP contribution in [0.4, 0.5) is 0 Å². The van der Waals surface area contributed by atoms with Crippen LogP contribution >= 0.6 is 0 Å². The van der Waals surface area contributed by atoms with Gasteiger partial charge in [-0.3, -0.25) is 0 Å². The first-order chi connectivity index (χ1) is 9.76. The summed E-state index contributed by atoms with van der Waals surface area (Å²) in [5.41, 5.74) is 1.12. The van der Waals surface area contributed by atoms with Crippen molar-refractivity contribution in [3.63, 3.8) is 0 Å². The van der Waals surface area contributed by atoms with Crippen LogP contribution in [0.25, 0.3) is 0 Å². The third-order valence-corrected chi connectivity index (χ3v) is 3.81. The van der Waals surface area contributed by atoms with Crippen LogP contribution < -0.4 is 10.1 Å². The maximum Gasteiger partial charge on any atom is 0.231 e. The van der Waals surface area contributed by atoms with Crippen LogP contribution in [0, 0.1) is 5.92 Å². The molecule has 20 heavy (non-hydrogen) atoms. The summed E-state index contributed by atoms with van der Waals surface area (Å²) in [6.45, 7) is 4.14. The van der Waals surface area contributed by atoms with Crippen molar-refractivity contribution in [1.82, 2.24) is 15.5 Å². The van der Waals surface area contributed by atoms with E-state index in [0.717, 1.165) is 36.1 Å². The number of nitrogens with one attached hydrogen (secondary N) is 1. The lowest BCUT2D eigenvalue weighted by Crippen LogP contribution is -2.08. The van der Waals surface area contributed by atoms with Crippen LogP contribution in [0.1, 0.15) is 30.1 Å². The summed E-state index contributed by atoms with van der Waals surface area (Å²) in [4.78, 5) is 4.53. The number of rotatable bonds is 4. The lowest BCUT2D eigenvalue weighted by Gasteiger charge is -2.07. The van der Waals surface area contributed by atoms with Crippen molar-refractivity contribution >= 4 is 0 Å². The van der Waals surface area contributed by atoms with E-state index >= 15 is 0 Å². The number of hydrogen-bond acceptors (Lipinski definition) is 5. The maximum absolute atomic E-state index is 5.42. The third-order valence-electron chi connectivity index (χ3n) is 3.81. The first kappa shape index (κ1) is 13.1. The average Bonchev–Trinajstić information content (AvgIpc) is 3.08. The van der Waals surface area contributed by atoms with Crippen molar-refractivity contribution in [3.8, 4) is 5.75 Å². The van der Waals surface area contributed by atoms with Gasteiger partial charge >= 0.3 is 0 Å². The highest BCUT2D eigenvalue weighted by Gasteiger charge is 2.29. The third kappa shape index (κ3) is 2.67. The summed E-state index contributed by atoms with van der Waals surface area (Å²) in [6, 6.07) is 7.93. The van der Waals surface area contributed by atoms with Gasteiger partial charge in [0.25, 0.3) is 0 Å². The standard InChI is InChI=1S/C15H19N3O2/c1-10-8-16-9-13(10)15-17-14(18-20-15)7-11-4-3-5-12(6-11)19-2/h3-6,10,13,16H,7-9H2,1-2H3/t10-,13-/m1/s1. The number of aromatic nitrogens is 2. The predicted octanol–water partition coefficient (Wildman–Crippen LogP) is 1.99. The topological polar surface area (TPSA) is 60.2 Å². The smallest absolute Gasteiger partial charge is 0.231 e. The normalized spacial score (nSPS) is 22.1. The summed E-state index contributed by atoms with van der Waals surface area (Å²) in [5.74, 6) is 3.20. The van der Waals surface area contributed by atoms with Gasteiger partial charge in [0.05, 0.1) is 13.0 Å². The zero-order valence-electron chi connectivity index (χ0n) is 11.8. The van der Waals surface area contributed by atoms with Crippen molar-refractivity contribution in [2.24, 2.45) is 5.92 Å². The second-order valence-electron chi connectivity index (χ2n) is 5.32. The molecular formula is C15H19N3O2. The summed E-state index contributed by atoms with van der Waals surface area (Å²) >= 11 is 0. The molecule has 1 aromatic carbocycles. The van der Waals surface area contributed by atoms with Gasteiger partial charge in [-0.2, -0.15) is 4.98 Å². The molecular weight excluding hydrogens is 254 g/mol. The maximum atomic E-state index is 5.42. The van der Waals surface area contributed by atoms with Gasteiger partial charge in [0, 0.05) is 13.0 Å². The van der Waals surface area contributed by atoms with E-state index in [0.29, 0.717) is 18.3 Å². The van der Waals surface area contributed by atoms with Crippen LogP contribution in [0.5, 0.6) is 5.75 Å². The molecule has 106 valence electrons. The summed E-state index contributed by atoms with van der Waals surface area (Å²) in [7, 11) is 1.67. The van der Waals surface area contributed by atoms with Gasteiger partial charge in [0.15, 0.2) is 5.82 Å². The highest BCUT2D eigenvalue weighted by Crippen LogP contribution is 2.26. The Morgan fingerprint density at radius 3 is 3.05 bits per heavy atom. The van der Waals surface area contributed by atoms with Gasteiger partial charge in [-0.15, -0.1) is 0 Å². The van der Waals surface area contributed by atoms with E-state index in [-0.39, 0.29) is 0 Å². The zero-order valence-corrected chi connectivity index (χ0v) is 11.8. The molecule has 5 nitrogen and oxygen atoms in total. The van der Waals surface area contributed by atoms with E-state index in [4.69, 9.17) is 9.26 Å². The van der Waals surface area contributed by atoms with Crippen LogP contribution in [-0.2, 0) is 6.42 Å². The van der Waals surface area contributed by atoms with Crippen LogP contribution in [0.3, 0.4) is 0 Å². The quantitative estimate of drug-likeness (QED) is 0.923. The van der Waals surface area contributed by atoms with Gasteiger partial charge in [0.1, 0.15) is 5.75 Å². The molecule has 1 aliphatic rings. The van der Waals surface area contributed by atoms with E-state index < -0.39 is 0 Å². The van der Waals surface area contributed by atoms with Crippen molar-refractivity contribution in [1.29, 1.82) is 0 Å². The molecule has 0 saturated carbocycles. The summed E-state index contributed by atoms with van der Waals surface area (Å²) in [6.07, 6.45) is 0.662. The lowest BCUT2D eigenvalue weighted by atomic mass is 9.98. The Kier molecular flexibility index (Phi) is 3.69. The number of ether oxygens (including phenoxy) is 1. The minimum atomic E-state index is 0.335. The molecule has 1 fully saturated rings. The molecule has 0 unspecified atom stereocenters. The monoisotopic (exact) mass is 273 g/mol. The highest BCUT2D eigenvalue weighted by atomic mass is 16.5. The molecule has 2 heterocycles. The highest BCUT2D eigenvalue weighted by molar-refractivity contribution is 5.30. The molecule has 0 bridgehead atoms. The Balaban J connectivity index is 1.73. The molecule has 1 N–H and O–H groups in total. The molecule has 2 aromatic rings. The van der Waals surface area contributed by atoms with Crippen LogP contribution in [-0.4, -0.2) is 30.3 Å². The van der Waals surface area contributed by atoms with Gasteiger partial charge < -0.3 is 14.6 Å². The first-order valence-corrected chi connectivity index (χ1v) is 6.92. The van der Waals surface area contributed by atoms with E-state index in [2.05, 4.69) is 22.4 Å². The molecule has 5 heteroatoms. The Hall–Kier alpha value is -1.88. The van der Waals surface area contributed by atoms with Crippen molar-refractivity contribution in [2.45, 2.75) is 19.3 Å². The predicted molar refractivity (Wildman–Crippen MR) is 74.9 cm³/mol. The first-order valence-electron chi connectivity index (χ1n) is 6.92. The Labute approximate surface area is 118 Å². The Morgan fingerprint density at radius 1 is 1.40 bits per heavy atom. The zero-order chi connectivity index (χ0) is 13.9. The molecule has 0 spiro atoms. The fourth-order valence-corrected chi connectivity index (χ4v) is 2.60. The fraction of sp³-hybridized carbons (Fsp3) is 0.467. The number of benzene rings is 1. The van der Waals surface area contributed by atoms with Gasteiger partial charge in [-0.05, 0) is 30.2 Å². The number of hydrogen-bond donors (Lipinski definition) is 1. The summed E-state index contributed by atoms with van der Waals surface area (Å²) in [5, 5.41) is 7.44. The fourth-order valence-electron chi connectivity index (χ4n) is 2.60. The number of methoxy groups -OCH3 is 1. The molecule has 1 aliphatic heterocycles. The average molecular weight is 273 g/mol. The minimum absolute atomic E-state index is 0.335. The molecule has 0 aliphatic carbocycles. The van der Waals surface area contributed by atoms with Crippen LogP contribution in [0.15, 0.2) is 28.8 Å². The Bertz CT molecular complexity index is 582. The number of nitrogens with zero attached hydrogens (tertiary/aromatic N) is 2. The SMILES string of the molecule is COc1cccc(Cc2noc([C@@H]3CNC[C@H]3C)n2)c1. The van der Waals surface area contributed by atoms with E-state index in [1.165, 1.54) is 0 Å². The van der Waals surface area contributed by atoms with E-state index in [1.807, 2.05) is 24.3 Å². The van der Waals surface area contributed by atoms with Gasteiger partial charge in [0.2, 0.25) is 5.89 Å². The minimum Gasteiger partial charge on any atom is -0.497 e. The second kappa shape index (κ2) is 5.63. The molecule has 1 aromatic heterocycles. The van der Waals surface area contributed by atoms with Crippen molar-refractivity contribution < 1.29 is 9.26 Å². The second-order valence-corrected chi connectivity index (χ2v) is 5.32. The lowest BCUT2D eigenvalue weighted by molar-refractivity contribution is 0.337. The molecule has 1 saturated heterocycles. The molecule has 2 atom stereocenters. The largest absolute Gasteiger partial charge is 0.497 e. The van der Waals surface area contributed by atoms with E-state index in [9.17, 15) is 0 Å². The van der Waals surface area contributed by atoms with Gasteiger partial charge in [-0.25, -0.2) is 0 Å². The van der Waals surface area contributed by atoms with Crippen molar-refractivity contribution in [2.75, 3.05) is 20.2 Å².